The summed E-state index contributed by atoms with van der Waals surface area (Å²) in [5.74, 6) is 0.860. The van der Waals surface area contributed by atoms with Crippen molar-refractivity contribution in [2.75, 3.05) is 0 Å². The van der Waals surface area contributed by atoms with E-state index >= 15 is 0 Å². The molecule has 0 amide bonds. The standard InChI is InChI=1S/C42H34N2O/c1-27-19-20-30-22-35-36(26-45-39(35)23-31(30)21-27)41-43-37-17-11-12-18-38(37)44(41)40-33(28-13-7-5-8-14-28)24-32(42(2,3)4)25-34(40)29-15-9-6-10-16-29/h5-26H,1-4H3. The maximum atomic E-state index is 6.28. The molecule has 3 nitrogen and oxygen atoms in total. The van der Waals surface area contributed by atoms with Crippen molar-refractivity contribution in [3.8, 4) is 39.3 Å². The molecule has 3 heteroatoms. The van der Waals surface area contributed by atoms with Crippen LogP contribution in [-0.2, 0) is 5.41 Å². The van der Waals surface area contributed by atoms with Gasteiger partial charge in [-0.1, -0.05) is 117 Å². The SMILES string of the molecule is Cc1ccc2cc3c(-c4nc5ccccc5n4-c4c(-c5ccccc5)cc(C(C)(C)C)cc4-c4ccccc4)coc3cc2c1. The lowest BCUT2D eigenvalue weighted by Gasteiger charge is -2.26. The minimum absolute atomic E-state index is 0.0500. The second-order valence-corrected chi connectivity index (χ2v) is 13.0. The van der Waals surface area contributed by atoms with E-state index in [-0.39, 0.29) is 5.41 Å². The fourth-order valence-electron chi connectivity index (χ4n) is 6.48. The average molecular weight is 583 g/mol. The van der Waals surface area contributed by atoms with Crippen molar-refractivity contribution in [2.24, 2.45) is 0 Å². The molecule has 0 N–H and O–H groups in total. The quantitative estimate of drug-likeness (QED) is 0.207. The van der Waals surface area contributed by atoms with E-state index in [1.807, 2.05) is 6.26 Å². The summed E-state index contributed by atoms with van der Waals surface area (Å²) in [7, 11) is 0. The molecule has 0 aliphatic carbocycles. The molecule has 218 valence electrons. The number of benzene rings is 6. The predicted octanol–water partition coefficient (Wildman–Crippen LogP) is 11.5. The van der Waals surface area contributed by atoms with E-state index in [0.717, 1.165) is 50.2 Å². The summed E-state index contributed by atoms with van der Waals surface area (Å²) in [5.41, 5.74) is 12.1. The van der Waals surface area contributed by atoms with E-state index in [9.17, 15) is 0 Å². The smallest absolute Gasteiger partial charge is 0.149 e. The van der Waals surface area contributed by atoms with E-state index in [1.165, 1.54) is 33.0 Å². The predicted molar refractivity (Wildman–Crippen MR) is 188 cm³/mol. The minimum Gasteiger partial charge on any atom is -0.464 e. The molecule has 0 aliphatic rings. The first-order valence-corrected chi connectivity index (χ1v) is 15.5. The fraction of sp³-hybridized carbons (Fsp3) is 0.119. The highest BCUT2D eigenvalue weighted by atomic mass is 16.3. The molecule has 0 spiro atoms. The molecule has 8 aromatic rings. The van der Waals surface area contributed by atoms with Gasteiger partial charge in [0.2, 0.25) is 0 Å². The van der Waals surface area contributed by atoms with Gasteiger partial charge in [0, 0.05) is 16.5 Å². The molecular weight excluding hydrogens is 548 g/mol. The van der Waals surface area contributed by atoms with Crippen molar-refractivity contribution < 1.29 is 4.42 Å². The Morgan fingerprint density at radius 2 is 1.27 bits per heavy atom. The van der Waals surface area contributed by atoms with Crippen LogP contribution < -0.4 is 0 Å². The molecule has 0 unspecified atom stereocenters. The number of nitrogens with zero attached hydrogens (tertiary/aromatic N) is 2. The molecule has 0 radical (unpaired) electrons. The fourth-order valence-corrected chi connectivity index (χ4v) is 6.48. The van der Waals surface area contributed by atoms with Crippen LogP contribution in [0.15, 0.2) is 138 Å². The largest absolute Gasteiger partial charge is 0.464 e. The van der Waals surface area contributed by atoms with Gasteiger partial charge in [0.25, 0.3) is 0 Å². The number of rotatable bonds is 4. The monoisotopic (exact) mass is 582 g/mol. The number of imidazole rings is 1. The van der Waals surface area contributed by atoms with Crippen molar-refractivity contribution in [3.63, 3.8) is 0 Å². The third kappa shape index (κ3) is 4.63. The zero-order valence-electron chi connectivity index (χ0n) is 26.0. The van der Waals surface area contributed by atoms with Crippen molar-refractivity contribution >= 4 is 32.8 Å². The van der Waals surface area contributed by atoms with Gasteiger partial charge in [-0.3, -0.25) is 4.57 Å². The van der Waals surface area contributed by atoms with E-state index in [4.69, 9.17) is 9.40 Å². The molecular formula is C42H34N2O. The van der Waals surface area contributed by atoms with Crippen molar-refractivity contribution in [1.82, 2.24) is 9.55 Å². The van der Waals surface area contributed by atoms with Crippen LogP contribution in [0.3, 0.4) is 0 Å². The van der Waals surface area contributed by atoms with Crippen LogP contribution in [-0.4, -0.2) is 9.55 Å². The van der Waals surface area contributed by atoms with Gasteiger partial charge in [-0.15, -0.1) is 0 Å². The first-order valence-electron chi connectivity index (χ1n) is 15.5. The highest BCUT2D eigenvalue weighted by Crippen LogP contribution is 2.44. The highest BCUT2D eigenvalue weighted by molar-refractivity contribution is 6.04. The Morgan fingerprint density at radius 1 is 0.622 bits per heavy atom. The second-order valence-electron chi connectivity index (χ2n) is 13.0. The summed E-state index contributed by atoms with van der Waals surface area (Å²) in [6.45, 7) is 8.98. The average Bonchev–Trinajstić information content (AvgIpc) is 3.64. The first-order chi connectivity index (χ1) is 21.8. The van der Waals surface area contributed by atoms with Crippen molar-refractivity contribution in [3.05, 3.63) is 145 Å². The second kappa shape index (κ2) is 10.3. The lowest BCUT2D eigenvalue weighted by Crippen LogP contribution is -2.13. The number of hydrogen-bond donors (Lipinski definition) is 0. The Bertz CT molecular complexity index is 2290. The Balaban J connectivity index is 1.52. The van der Waals surface area contributed by atoms with Gasteiger partial charge in [-0.25, -0.2) is 4.98 Å². The first kappa shape index (κ1) is 27.2. The Hall–Kier alpha value is -5.41. The summed E-state index contributed by atoms with van der Waals surface area (Å²) >= 11 is 0. The lowest BCUT2D eigenvalue weighted by molar-refractivity contribution is 0.590. The molecule has 0 bridgehead atoms. The number of para-hydroxylation sites is 2. The molecule has 0 saturated carbocycles. The van der Waals surface area contributed by atoms with Gasteiger partial charge in [0.15, 0.2) is 0 Å². The molecule has 0 atom stereocenters. The van der Waals surface area contributed by atoms with Crippen LogP contribution in [0.5, 0.6) is 0 Å². The maximum Gasteiger partial charge on any atom is 0.149 e. The van der Waals surface area contributed by atoms with Gasteiger partial charge in [0.05, 0.1) is 22.3 Å². The molecule has 6 aromatic carbocycles. The number of fused-ring (bicyclic) bond motifs is 3. The third-order valence-corrected chi connectivity index (χ3v) is 8.86. The summed E-state index contributed by atoms with van der Waals surface area (Å²) in [4.78, 5) is 5.32. The van der Waals surface area contributed by atoms with Gasteiger partial charge in [-0.2, -0.15) is 0 Å². The maximum absolute atomic E-state index is 6.28. The van der Waals surface area contributed by atoms with E-state index in [1.54, 1.807) is 0 Å². The van der Waals surface area contributed by atoms with Crippen LogP contribution in [0, 0.1) is 6.92 Å². The third-order valence-electron chi connectivity index (χ3n) is 8.86. The van der Waals surface area contributed by atoms with E-state index < -0.39 is 0 Å². The number of furan rings is 1. The Morgan fingerprint density at radius 3 is 1.93 bits per heavy atom. The normalized spacial score (nSPS) is 12.0. The van der Waals surface area contributed by atoms with Gasteiger partial charge in [-0.05, 0) is 76.2 Å². The van der Waals surface area contributed by atoms with E-state index in [0.29, 0.717) is 0 Å². The molecule has 8 rings (SSSR count). The summed E-state index contributed by atoms with van der Waals surface area (Å²) in [6.07, 6.45) is 1.88. The van der Waals surface area contributed by atoms with Gasteiger partial charge >= 0.3 is 0 Å². The van der Waals surface area contributed by atoms with Crippen LogP contribution in [0.4, 0.5) is 0 Å². The van der Waals surface area contributed by atoms with Crippen LogP contribution in [0.2, 0.25) is 0 Å². The summed E-state index contributed by atoms with van der Waals surface area (Å²) in [5, 5.41) is 3.41. The van der Waals surface area contributed by atoms with Crippen molar-refractivity contribution in [2.45, 2.75) is 33.1 Å². The molecule has 0 saturated heterocycles. The number of aryl methyl sites for hydroxylation is 1. The minimum atomic E-state index is -0.0500. The molecule has 2 aromatic heterocycles. The Labute approximate surface area is 263 Å². The summed E-state index contributed by atoms with van der Waals surface area (Å²) < 4.78 is 8.64. The summed E-state index contributed by atoms with van der Waals surface area (Å²) in [6, 6.07) is 45.6. The highest BCUT2D eigenvalue weighted by Gasteiger charge is 2.26. The van der Waals surface area contributed by atoms with Crippen LogP contribution in [0.1, 0.15) is 31.9 Å². The molecule has 0 aliphatic heterocycles. The number of hydrogen-bond acceptors (Lipinski definition) is 2. The topological polar surface area (TPSA) is 31.0 Å². The van der Waals surface area contributed by atoms with Crippen molar-refractivity contribution in [1.29, 1.82) is 0 Å². The molecule has 2 heterocycles. The van der Waals surface area contributed by atoms with Crippen LogP contribution in [0.25, 0.3) is 72.1 Å². The van der Waals surface area contributed by atoms with E-state index in [2.05, 4.69) is 160 Å². The zero-order valence-corrected chi connectivity index (χ0v) is 26.0. The number of aromatic nitrogens is 2. The lowest BCUT2D eigenvalue weighted by atomic mass is 9.82. The van der Waals surface area contributed by atoms with Crippen LogP contribution >= 0.6 is 0 Å². The van der Waals surface area contributed by atoms with Gasteiger partial charge in [0.1, 0.15) is 17.7 Å². The zero-order chi connectivity index (χ0) is 30.7. The molecule has 0 fully saturated rings. The van der Waals surface area contributed by atoms with Gasteiger partial charge < -0.3 is 4.42 Å². The molecule has 45 heavy (non-hydrogen) atoms. The Kier molecular flexibility index (Phi) is 6.25.